The number of methoxy groups -OCH3 is 1. The highest BCUT2D eigenvalue weighted by Gasteiger charge is 2.36. The molecule has 0 bridgehead atoms. The molecule has 0 aromatic carbocycles. The van der Waals surface area contributed by atoms with Crippen LogP contribution in [-0.2, 0) is 28.6 Å². The Labute approximate surface area is 105 Å². The number of oxime groups is 1. The molecule has 0 spiro atoms. The van der Waals surface area contributed by atoms with Gasteiger partial charge in [-0.3, -0.25) is 4.79 Å². The van der Waals surface area contributed by atoms with Crippen LogP contribution < -0.4 is 0 Å². The summed E-state index contributed by atoms with van der Waals surface area (Å²) in [6, 6.07) is 0. The van der Waals surface area contributed by atoms with E-state index in [4.69, 9.17) is 14.2 Å². The van der Waals surface area contributed by atoms with Gasteiger partial charge in [0.1, 0.15) is 11.8 Å². The normalized spacial score (nSPS) is 30.0. The van der Waals surface area contributed by atoms with Gasteiger partial charge >= 0.3 is 11.9 Å². The molecular weight excluding hydrogens is 242 g/mol. The molecule has 7 nitrogen and oxygen atoms in total. The van der Waals surface area contributed by atoms with Crippen molar-refractivity contribution in [3.05, 3.63) is 0 Å². The van der Waals surface area contributed by atoms with Crippen LogP contribution >= 0.6 is 0 Å². The molecule has 0 N–H and O–H groups in total. The van der Waals surface area contributed by atoms with Crippen molar-refractivity contribution < 1.29 is 28.6 Å². The lowest BCUT2D eigenvalue weighted by molar-refractivity contribution is -0.188. The maximum Gasteiger partial charge on any atom is 0.331 e. The predicted octanol–water partition coefficient (Wildman–Crippen LogP) is 0.618. The van der Waals surface area contributed by atoms with Crippen molar-refractivity contribution in [3.8, 4) is 0 Å². The van der Waals surface area contributed by atoms with Crippen molar-refractivity contribution >= 4 is 17.7 Å². The van der Waals surface area contributed by atoms with Crippen LogP contribution in [0.1, 0.15) is 27.2 Å². The third-order valence-electron chi connectivity index (χ3n) is 2.34. The van der Waals surface area contributed by atoms with E-state index in [1.54, 1.807) is 6.92 Å². The van der Waals surface area contributed by atoms with Gasteiger partial charge in [-0.1, -0.05) is 5.16 Å². The smallest absolute Gasteiger partial charge is 0.331 e. The Morgan fingerprint density at radius 1 is 1.33 bits per heavy atom. The highest BCUT2D eigenvalue weighted by Crippen LogP contribution is 2.21. The minimum atomic E-state index is -0.673. The third-order valence-corrected chi connectivity index (χ3v) is 2.34. The van der Waals surface area contributed by atoms with Crippen LogP contribution in [0.5, 0.6) is 0 Å². The highest BCUT2D eigenvalue weighted by atomic mass is 16.7. The second kappa shape index (κ2) is 6.46. The molecule has 0 aliphatic carbocycles. The summed E-state index contributed by atoms with van der Waals surface area (Å²) in [5, 5.41) is 3.70. The lowest BCUT2D eigenvalue weighted by atomic mass is 10.0. The van der Waals surface area contributed by atoms with Gasteiger partial charge in [0.25, 0.3) is 0 Å². The van der Waals surface area contributed by atoms with Crippen LogP contribution in [-0.4, -0.2) is 43.3 Å². The van der Waals surface area contributed by atoms with E-state index in [9.17, 15) is 9.59 Å². The molecule has 1 aliphatic rings. The summed E-state index contributed by atoms with van der Waals surface area (Å²) in [6.07, 6.45) is -1.33. The Hall–Kier alpha value is -1.47. The van der Waals surface area contributed by atoms with Gasteiger partial charge in [-0.05, 0) is 6.92 Å². The first-order chi connectivity index (χ1) is 8.43. The molecule has 102 valence electrons. The lowest BCUT2D eigenvalue weighted by Gasteiger charge is -2.33. The Morgan fingerprint density at radius 2 is 2.00 bits per heavy atom. The molecule has 0 amide bonds. The maximum atomic E-state index is 11.0. The number of carbonyl (C=O) groups is 2. The SMILES string of the molecule is COC1CC(=NOC(C)=O)[C@H](OC(C)=O)[C@H](C)O1. The zero-order chi connectivity index (χ0) is 13.7. The van der Waals surface area contributed by atoms with E-state index in [0.717, 1.165) is 0 Å². The molecule has 0 aromatic rings. The van der Waals surface area contributed by atoms with Gasteiger partial charge in [0.05, 0.1) is 0 Å². The summed E-state index contributed by atoms with van der Waals surface area (Å²) >= 11 is 0. The zero-order valence-corrected chi connectivity index (χ0v) is 10.8. The Kier molecular flexibility index (Phi) is 5.24. The summed E-state index contributed by atoms with van der Waals surface area (Å²) in [5.74, 6) is -1.00. The van der Waals surface area contributed by atoms with Crippen LogP contribution in [0.15, 0.2) is 5.16 Å². The lowest BCUT2D eigenvalue weighted by Crippen LogP contribution is -2.47. The number of nitrogens with zero attached hydrogens (tertiary/aromatic N) is 1. The van der Waals surface area contributed by atoms with Gasteiger partial charge in [-0.2, -0.15) is 0 Å². The molecule has 1 aliphatic heterocycles. The van der Waals surface area contributed by atoms with E-state index in [-0.39, 0.29) is 6.42 Å². The summed E-state index contributed by atoms with van der Waals surface area (Å²) < 4.78 is 15.6. The third kappa shape index (κ3) is 4.08. The minimum absolute atomic E-state index is 0.270. The van der Waals surface area contributed by atoms with Crippen molar-refractivity contribution in [3.63, 3.8) is 0 Å². The number of hydrogen-bond donors (Lipinski definition) is 0. The van der Waals surface area contributed by atoms with Crippen molar-refractivity contribution in [2.75, 3.05) is 7.11 Å². The van der Waals surface area contributed by atoms with Crippen LogP contribution in [0, 0.1) is 0 Å². The summed E-state index contributed by atoms with van der Waals surface area (Å²) in [4.78, 5) is 26.3. The summed E-state index contributed by atoms with van der Waals surface area (Å²) in [6.45, 7) is 4.25. The van der Waals surface area contributed by atoms with E-state index >= 15 is 0 Å². The zero-order valence-electron chi connectivity index (χ0n) is 10.8. The van der Waals surface area contributed by atoms with Crippen molar-refractivity contribution in [2.24, 2.45) is 5.16 Å². The van der Waals surface area contributed by atoms with Crippen LogP contribution in [0.3, 0.4) is 0 Å². The number of rotatable bonds is 3. The van der Waals surface area contributed by atoms with E-state index in [0.29, 0.717) is 5.71 Å². The Morgan fingerprint density at radius 3 is 2.50 bits per heavy atom. The van der Waals surface area contributed by atoms with Gasteiger partial charge in [-0.25, -0.2) is 4.79 Å². The first-order valence-corrected chi connectivity index (χ1v) is 5.53. The number of hydrogen-bond acceptors (Lipinski definition) is 7. The molecule has 3 atom stereocenters. The largest absolute Gasteiger partial charge is 0.453 e. The quantitative estimate of drug-likeness (QED) is 0.419. The number of ether oxygens (including phenoxy) is 3. The molecule has 18 heavy (non-hydrogen) atoms. The molecule has 1 saturated heterocycles. The van der Waals surface area contributed by atoms with Gasteiger partial charge in [0, 0.05) is 27.4 Å². The molecule has 0 aromatic heterocycles. The predicted molar refractivity (Wildman–Crippen MR) is 60.7 cm³/mol. The van der Waals surface area contributed by atoms with Crippen molar-refractivity contribution in [1.82, 2.24) is 0 Å². The van der Waals surface area contributed by atoms with E-state index in [1.807, 2.05) is 0 Å². The first kappa shape index (κ1) is 14.6. The number of esters is 1. The molecule has 0 radical (unpaired) electrons. The average molecular weight is 259 g/mol. The molecular formula is C11H17NO6. The fourth-order valence-electron chi connectivity index (χ4n) is 1.61. The molecule has 7 heteroatoms. The molecule has 0 saturated carbocycles. The number of carbonyl (C=O) groups excluding carboxylic acids is 2. The van der Waals surface area contributed by atoms with E-state index in [2.05, 4.69) is 9.99 Å². The van der Waals surface area contributed by atoms with Crippen LogP contribution in [0.2, 0.25) is 0 Å². The van der Waals surface area contributed by atoms with E-state index < -0.39 is 30.4 Å². The molecule has 1 fully saturated rings. The second-order valence-electron chi connectivity index (χ2n) is 3.91. The highest BCUT2D eigenvalue weighted by molar-refractivity contribution is 5.91. The Balaban J connectivity index is 2.84. The standard InChI is InChI=1S/C11H17NO6/c1-6-11(17-7(2)13)9(12-18-8(3)14)5-10(15-4)16-6/h6,10-11H,5H2,1-4H3/t6-,10?,11+/m0/s1. The monoisotopic (exact) mass is 259 g/mol. The molecule has 1 unspecified atom stereocenters. The van der Waals surface area contributed by atoms with Gasteiger partial charge in [0.15, 0.2) is 12.4 Å². The Bertz CT molecular complexity index is 353. The minimum Gasteiger partial charge on any atom is -0.453 e. The first-order valence-electron chi connectivity index (χ1n) is 5.53. The van der Waals surface area contributed by atoms with Gasteiger partial charge in [0.2, 0.25) is 0 Å². The van der Waals surface area contributed by atoms with Crippen molar-refractivity contribution in [2.45, 2.75) is 45.7 Å². The fraction of sp³-hybridized carbons (Fsp3) is 0.727. The average Bonchev–Trinajstić information content (AvgIpc) is 2.29. The van der Waals surface area contributed by atoms with Crippen molar-refractivity contribution in [1.29, 1.82) is 0 Å². The fourth-order valence-corrected chi connectivity index (χ4v) is 1.61. The van der Waals surface area contributed by atoms with E-state index in [1.165, 1.54) is 21.0 Å². The summed E-state index contributed by atoms with van der Waals surface area (Å²) in [7, 11) is 1.49. The second-order valence-corrected chi connectivity index (χ2v) is 3.91. The topological polar surface area (TPSA) is 83.4 Å². The van der Waals surface area contributed by atoms with Gasteiger partial charge in [-0.15, -0.1) is 0 Å². The molecule has 1 rings (SSSR count). The van der Waals surface area contributed by atoms with Gasteiger partial charge < -0.3 is 19.0 Å². The molecule has 1 heterocycles. The maximum absolute atomic E-state index is 11.0. The summed E-state index contributed by atoms with van der Waals surface area (Å²) in [5.41, 5.74) is 0.408. The van der Waals surface area contributed by atoms with Crippen LogP contribution in [0.25, 0.3) is 0 Å². The van der Waals surface area contributed by atoms with Crippen LogP contribution in [0.4, 0.5) is 0 Å².